The van der Waals surface area contributed by atoms with Crippen LogP contribution in [0.1, 0.15) is 31.0 Å². The number of aromatic amines is 1. The Morgan fingerprint density at radius 3 is 2.69 bits per heavy atom. The number of amides is 2. The molecule has 0 spiro atoms. The van der Waals surface area contributed by atoms with Crippen LogP contribution < -0.4 is 10.2 Å². The summed E-state index contributed by atoms with van der Waals surface area (Å²) in [6.45, 7) is 11.0. The van der Waals surface area contributed by atoms with Gasteiger partial charge in [0.1, 0.15) is 5.82 Å². The van der Waals surface area contributed by atoms with Crippen molar-refractivity contribution in [2.45, 2.75) is 33.6 Å². The fourth-order valence-corrected chi connectivity index (χ4v) is 4.94. The number of carbonyl (C=O) groups is 1. The fourth-order valence-electron chi connectivity index (χ4n) is 4.94. The molecular weight excluding hydrogens is 440 g/mol. The van der Waals surface area contributed by atoms with E-state index in [0.29, 0.717) is 19.1 Å². The third-order valence-electron chi connectivity index (χ3n) is 7.20. The van der Waals surface area contributed by atoms with E-state index >= 15 is 0 Å². The summed E-state index contributed by atoms with van der Waals surface area (Å²) in [5, 5.41) is 10.4. The average molecular weight is 475 g/mol. The van der Waals surface area contributed by atoms with E-state index in [0.717, 1.165) is 84.2 Å². The van der Waals surface area contributed by atoms with Crippen LogP contribution in [0.4, 0.5) is 16.3 Å². The summed E-state index contributed by atoms with van der Waals surface area (Å²) in [4.78, 5) is 22.1. The maximum Gasteiger partial charge on any atom is 0.321 e. The minimum absolute atomic E-state index is 0.0193. The lowest BCUT2D eigenvalue weighted by Gasteiger charge is -2.28. The number of urea groups is 1. The predicted octanol–water partition coefficient (Wildman–Crippen LogP) is 4.86. The lowest BCUT2D eigenvalue weighted by molar-refractivity contribution is 0.122. The van der Waals surface area contributed by atoms with E-state index in [1.807, 2.05) is 24.1 Å². The highest BCUT2D eigenvalue weighted by Gasteiger charge is 2.25. The van der Waals surface area contributed by atoms with Crippen molar-refractivity contribution in [1.82, 2.24) is 20.1 Å². The first-order valence-corrected chi connectivity index (χ1v) is 12.5. The third-order valence-corrected chi connectivity index (χ3v) is 7.20. The van der Waals surface area contributed by atoms with Crippen LogP contribution >= 0.6 is 0 Å². The van der Waals surface area contributed by atoms with E-state index in [1.54, 1.807) is 0 Å². The fraction of sp³-hybridized carbons (Fsp3) is 0.444. The molecule has 0 radical (unpaired) electrons. The van der Waals surface area contributed by atoms with Crippen molar-refractivity contribution < 1.29 is 9.53 Å². The molecule has 0 unspecified atom stereocenters. The van der Waals surface area contributed by atoms with E-state index in [2.05, 4.69) is 58.5 Å². The Kier molecular flexibility index (Phi) is 6.72. The van der Waals surface area contributed by atoms with Crippen LogP contribution in [-0.2, 0) is 4.74 Å². The lowest BCUT2D eigenvalue weighted by atomic mass is 9.98. The Morgan fingerprint density at radius 1 is 1.14 bits per heavy atom. The first-order chi connectivity index (χ1) is 17.0. The Morgan fingerprint density at radius 2 is 1.97 bits per heavy atom. The Labute approximate surface area is 206 Å². The molecule has 2 aliphatic rings. The molecule has 2 N–H and O–H groups in total. The van der Waals surface area contributed by atoms with Crippen LogP contribution in [-0.4, -0.2) is 65.5 Å². The number of morpholine rings is 1. The summed E-state index contributed by atoms with van der Waals surface area (Å²) in [6.07, 6.45) is 4.03. The number of aromatic nitrogens is 3. The number of carbonyl (C=O) groups excluding carboxylic acids is 1. The predicted molar refractivity (Wildman–Crippen MR) is 139 cm³/mol. The van der Waals surface area contributed by atoms with Crippen molar-refractivity contribution in [3.63, 3.8) is 0 Å². The highest BCUT2D eigenvalue weighted by Crippen LogP contribution is 2.33. The van der Waals surface area contributed by atoms with Crippen molar-refractivity contribution in [3.8, 4) is 22.4 Å². The SMILES string of the molecule is CC[C@@H]1CCN(C(=O)Nc2ccc(C)c(-c3cc(-c4cn[nH]c4C)nc(N4CCOCC4)c3)c2)C1. The highest BCUT2D eigenvalue weighted by molar-refractivity contribution is 5.91. The molecule has 8 nitrogen and oxygen atoms in total. The molecule has 184 valence electrons. The number of nitrogens with one attached hydrogen (secondary N) is 2. The number of nitrogens with zero attached hydrogens (tertiary/aromatic N) is 4. The number of aryl methyl sites for hydroxylation is 2. The average Bonchev–Trinajstić information content (AvgIpc) is 3.54. The van der Waals surface area contributed by atoms with Crippen LogP contribution in [0.25, 0.3) is 22.4 Å². The number of hydrogen-bond acceptors (Lipinski definition) is 5. The largest absolute Gasteiger partial charge is 0.378 e. The van der Waals surface area contributed by atoms with Crippen LogP contribution in [0.2, 0.25) is 0 Å². The lowest BCUT2D eigenvalue weighted by Crippen LogP contribution is -2.36. The van der Waals surface area contributed by atoms with Gasteiger partial charge in [0.25, 0.3) is 0 Å². The van der Waals surface area contributed by atoms with Crippen LogP contribution in [0.15, 0.2) is 36.5 Å². The number of rotatable bonds is 5. The molecule has 5 rings (SSSR count). The van der Waals surface area contributed by atoms with Gasteiger partial charge in [0, 0.05) is 43.1 Å². The molecule has 2 amide bonds. The molecule has 35 heavy (non-hydrogen) atoms. The number of H-pyrrole nitrogens is 1. The first-order valence-electron chi connectivity index (χ1n) is 12.5. The number of ether oxygens (including phenoxy) is 1. The van der Waals surface area contributed by atoms with E-state index in [9.17, 15) is 4.79 Å². The number of benzene rings is 1. The van der Waals surface area contributed by atoms with Gasteiger partial charge in [-0.1, -0.05) is 19.4 Å². The number of likely N-dealkylation sites (tertiary alicyclic amines) is 1. The zero-order valence-electron chi connectivity index (χ0n) is 20.8. The van der Waals surface area contributed by atoms with Gasteiger partial charge < -0.3 is 19.9 Å². The van der Waals surface area contributed by atoms with Crippen LogP contribution in [0.5, 0.6) is 0 Å². The second-order valence-corrected chi connectivity index (χ2v) is 9.58. The van der Waals surface area contributed by atoms with E-state index in [1.165, 1.54) is 0 Å². The third kappa shape index (κ3) is 5.03. The van der Waals surface area contributed by atoms with Crippen molar-refractivity contribution >= 4 is 17.5 Å². The molecule has 0 aliphatic carbocycles. The summed E-state index contributed by atoms with van der Waals surface area (Å²) in [5.41, 5.74) is 6.95. The summed E-state index contributed by atoms with van der Waals surface area (Å²) in [7, 11) is 0. The van der Waals surface area contributed by atoms with Gasteiger partial charge in [-0.15, -0.1) is 0 Å². The van der Waals surface area contributed by atoms with Crippen LogP contribution in [0.3, 0.4) is 0 Å². The highest BCUT2D eigenvalue weighted by atomic mass is 16.5. The van der Waals surface area contributed by atoms with Gasteiger partial charge in [0.15, 0.2) is 0 Å². The maximum absolute atomic E-state index is 12.9. The molecule has 4 heterocycles. The van der Waals surface area contributed by atoms with Crippen molar-refractivity contribution in [2.75, 3.05) is 49.6 Å². The van der Waals surface area contributed by atoms with Crippen molar-refractivity contribution in [3.05, 3.63) is 47.8 Å². The zero-order valence-corrected chi connectivity index (χ0v) is 20.8. The van der Waals surface area contributed by atoms with Crippen molar-refractivity contribution in [1.29, 1.82) is 0 Å². The Hall–Kier alpha value is -3.39. The minimum atomic E-state index is -0.0193. The first kappa shape index (κ1) is 23.4. The standard InChI is InChI=1S/C27H34N6O2/c1-4-20-7-8-33(17-20)27(34)29-22-6-5-18(2)23(15-22)21-13-25(24-16-28-31-19(24)3)30-26(14-21)32-9-11-35-12-10-32/h5-6,13-16,20H,4,7-12,17H2,1-3H3,(H,28,31)(H,29,34)/t20-/m1/s1. The molecule has 2 aromatic heterocycles. The second-order valence-electron chi connectivity index (χ2n) is 9.58. The van der Waals surface area contributed by atoms with Gasteiger partial charge in [0.2, 0.25) is 0 Å². The summed E-state index contributed by atoms with van der Waals surface area (Å²) < 4.78 is 5.56. The zero-order chi connectivity index (χ0) is 24.4. The molecule has 1 aromatic carbocycles. The topological polar surface area (TPSA) is 86.4 Å². The van der Waals surface area contributed by atoms with Gasteiger partial charge in [-0.2, -0.15) is 5.10 Å². The molecule has 3 aromatic rings. The number of pyridine rings is 1. The quantitative estimate of drug-likeness (QED) is 0.552. The van der Waals surface area contributed by atoms with E-state index < -0.39 is 0 Å². The van der Waals surface area contributed by atoms with Gasteiger partial charge in [-0.05, 0) is 67.1 Å². The summed E-state index contributed by atoms with van der Waals surface area (Å²) in [6, 6.07) is 10.4. The van der Waals surface area contributed by atoms with Gasteiger partial charge in [0.05, 0.1) is 25.1 Å². The number of hydrogen-bond donors (Lipinski definition) is 2. The van der Waals surface area contributed by atoms with Gasteiger partial charge in [-0.3, -0.25) is 5.10 Å². The Balaban J connectivity index is 1.48. The van der Waals surface area contributed by atoms with Crippen molar-refractivity contribution in [2.24, 2.45) is 5.92 Å². The van der Waals surface area contributed by atoms with Gasteiger partial charge >= 0.3 is 6.03 Å². The van der Waals surface area contributed by atoms with Crippen LogP contribution in [0, 0.1) is 19.8 Å². The summed E-state index contributed by atoms with van der Waals surface area (Å²) >= 11 is 0. The molecular formula is C27H34N6O2. The number of anilines is 2. The molecule has 0 bridgehead atoms. The van der Waals surface area contributed by atoms with E-state index in [-0.39, 0.29) is 6.03 Å². The molecule has 2 aliphatic heterocycles. The van der Waals surface area contributed by atoms with E-state index in [4.69, 9.17) is 9.72 Å². The summed E-state index contributed by atoms with van der Waals surface area (Å²) in [5.74, 6) is 1.53. The maximum atomic E-state index is 12.9. The smallest absolute Gasteiger partial charge is 0.321 e. The minimum Gasteiger partial charge on any atom is -0.378 e. The monoisotopic (exact) mass is 474 g/mol. The molecule has 2 saturated heterocycles. The molecule has 1 atom stereocenters. The van der Waals surface area contributed by atoms with Gasteiger partial charge in [-0.25, -0.2) is 9.78 Å². The normalized spacial score (nSPS) is 18.2. The Bertz CT molecular complexity index is 1200. The molecule has 2 fully saturated rings. The molecule has 0 saturated carbocycles. The second kappa shape index (κ2) is 10.1. The molecule has 8 heteroatoms.